The quantitative estimate of drug-likeness (QED) is 0.465. The van der Waals surface area contributed by atoms with E-state index in [1.165, 1.54) is 21.6 Å². The third-order valence-electron chi connectivity index (χ3n) is 4.01. The fraction of sp³-hybridized carbons (Fsp3) is 0.533. The lowest BCUT2D eigenvalue weighted by molar-refractivity contribution is 0.448. The lowest BCUT2D eigenvalue weighted by Crippen LogP contribution is -2.20. The lowest BCUT2D eigenvalue weighted by Gasteiger charge is -2.26. The summed E-state index contributed by atoms with van der Waals surface area (Å²) in [5.74, 6) is 0. The molecule has 1 aliphatic rings. The summed E-state index contributed by atoms with van der Waals surface area (Å²) in [4.78, 5) is 16.2. The highest BCUT2D eigenvalue weighted by Crippen LogP contribution is 2.45. The van der Waals surface area contributed by atoms with E-state index in [1.54, 1.807) is 17.8 Å². The van der Waals surface area contributed by atoms with Crippen LogP contribution in [0.5, 0.6) is 0 Å². The molecule has 0 bridgehead atoms. The van der Waals surface area contributed by atoms with E-state index < -0.39 is 0 Å². The van der Waals surface area contributed by atoms with Gasteiger partial charge in [-0.15, -0.1) is 11.8 Å². The van der Waals surface area contributed by atoms with Crippen LogP contribution in [0.3, 0.4) is 0 Å². The fourth-order valence-corrected chi connectivity index (χ4v) is 3.57. The van der Waals surface area contributed by atoms with Crippen LogP contribution in [0.2, 0.25) is 0 Å². The lowest BCUT2D eigenvalue weighted by atomic mass is 9.87. The van der Waals surface area contributed by atoms with Gasteiger partial charge in [0.15, 0.2) is 0 Å². The minimum absolute atomic E-state index is 0.307. The maximum Gasteiger partial charge on any atom is 0.235 e. The number of rotatable bonds is 3. The number of hydrogen-bond donors (Lipinski definition) is 0. The van der Waals surface area contributed by atoms with E-state index in [2.05, 4.69) is 37.2 Å². The smallest absolute Gasteiger partial charge is 0.211 e. The average molecular weight is 261 g/mol. The van der Waals surface area contributed by atoms with Crippen molar-refractivity contribution < 1.29 is 4.79 Å². The van der Waals surface area contributed by atoms with Gasteiger partial charge in [0.2, 0.25) is 6.08 Å². The summed E-state index contributed by atoms with van der Waals surface area (Å²) in [6, 6.07) is 4.43. The van der Waals surface area contributed by atoms with Crippen molar-refractivity contribution in [3.05, 3.63) is 28.8 Å². The van der Waals surface area contributed by atoms with Gasteiger partial charge in [0.1, 0.15) is 0 Å². The molecule has 0 unspecified atom stereocenters. The third kappa shape index (κ3) is 2.25. The van der Waals surface area contributed by atoms with Crippen molar-refractivity contribution in [2.75, 3.05) is 6.26 Å². The molecule has 1 aromatic rings. The maximum absolute atomic E-state index is 10.8. The second-order valence-electron chi connectivity index (χ2n) is 5.08. The van der Waals surface area contributed by atoms with Gasteiger partial charge < -0.3 is 0 Å². The Kier molecular flexibility index (Phi) is 3.94. The van der Waals surface area contributed by atoms with Crippen molar-refractivity contribution in [1.29, 1.82) is 0 Å². The highest BCUT2D eigenvalue weighted by molar-refractivity contribution is 7.98. The molecule has 2 nitrogen and oxygen atoms in total. The zero-order valence-corrected chi connectivity index (χ0v) is 12.1. The van der Waals surface area contributed by atoms with Crippen molar-refractivity contribution in [3.63, 3.8) is 0 Å². The van der Waals surface area contributed by atoms with Crippen LogP contribution >= 0.6 is 11.8 Å². The van der Waals surface area contributed by atoms with Gasteiger partial charge in [0, 0.05) is 4.90 Å². The molecule has 0 spiro atoms. The van der Waals surface area contributed by atoms with Crippen molar-refractivity contribution in [3.8, 4) is 0 Å². The summed E-state index contributed by atoms with van der Waals surface area (Å²) in [5.41, 5.74) is 3.49. The Balaban J connectivity index is 2.60. The molecule has 1 aromatic carbocycles. The number of isocyanates is 1. The van der Waals surface area contributed by atoms with E-state index in [4.69, 9.17) is 0 Å². The standard InChI is InChI=1S/C15H19NOS/c1-11-8-13(14(18-3)9-12(11)2)15(16-10-17)6-4-5-7-15/h8-9H,4-7H2,1-3H3. The van der Waals surface area contributed by atoms with Crippen LogP contribution in [0.1, 0.15) is 42.4 Å². The Hall–Kier alpha value is -1.05. The van der Waals surface area contributed by atoms with Crippen LogP contribution in [-0.2, 0) is 10.3 Å². The van der Waals surface area contributed by atoms with Gasteiger partial charge in [-0.3, -0.25) is 0 Å². The summed E-state index contributed by atoms with van der Waals surface area (Å²) in [5, 5.41) is 0. The zero-order valence-electron chi connectivity index (χ0n) is 11.2. The fourth-order valence-electron chi connectivity index (χ4n) is 2.81. The topological polar surface area (TPSA) is 29.4 Å². The monoisotopic (exact) mass is 261 g/mol. The first-order valence-electron chi connectivity index (χ1n) is 6.38. The highest BCUT2D eigenvalue weighted by Gasteiger charge is 2.37. The summed E-state index contributed by atoms with van der Waals surface area (Å²) in [6.45, 7) is 4.25. The molecule has 0 radical (unpaired) electrons. The van der Waals surface area contributed by atoms with Gasteiger partial charge in [0.25, 0.3) is 0 Å². The minimum atomic E-state index is -0.307. The molecule has 3 heteroatoms. The van der Waals surface area contributed by atoms with E-state index >= 15 is 0 Å². The second-order valence-corrected chi connectivity index (χ2v) is 5.93. The van der Waals surface area contributed by atoms with Crippen molar-refractivity contribution in [1.82, 2.24) is 0 Å². The van der Waals surface area contributed by atoms with Crippen molar-refractivity contribution in [2.24, 2.45) is 4.99 Å². The second kappa shape index (κ2) is 5.29. The Bertz CT molecular complexity index is 497. The summed E-state index contributed by atoms with van der Waals surface area (Å²) < 4.78 is 0. The SMILES string of the molecule is CSc1cc(C)c(C)cc1C1(N=C=O)CCCC1. The highest BCUT2D eigenvalue weighted by atomic mass is 32.2. The number of hydrogen-bond acceptors (Lipinski definition) is 3. The molecule has 2 rings (SSSR count). The maximum atomic E-state index is 10.8. The molecule has 96 valence electrons. The Morgan fingerprint density at radius 2 is 1.83 bits per heavy atom. The van der Waals surface area contributed by atoms with Gasteiger partial charge in [0.05, 0.1) is 5.54 Å². The Morgan fingerprint density at radius 1 is 1.22 bits per heavy atom. The number of aliphatic imine (C=N–C) groups is 1. The molecule has 0 aliphatic heterocycles. The number of carbonyl (C=O) groups excluding carboxylic acids is 1. The predicted molar refractivity (Wildman–Crippen MR) is 76.0 cm³/mol. The first-order valence-corrected chi connectivity index (χ1v) is 7.60. The van der Waals surface area contributed by atoms with E-state index in [-0.39, 0.29) is 5.54 Å². The molecule has 0 N–H and O–H groups in total. The number of aryl methyl sites for hydroxylation is 2. The Morgan fingerprint density at radius 3 is 2.39 bits per heavy atom. The number of thioether (sulfide) groups is 1. The normalized spacial score (nSPS) is 17.5. The van der Waals surface area contributed by atoms with Crippen LogP contribution in [0.4, 0.5) is 0 Å². The minimum Gasteiger partial charge on any atom is -0.211 e. The van der Waals surface area contributed by atoms with Crippen molar-refractivity contribution in [2.45, 2.75) is 50.0 Å². The molecular weight excluding hydrogens is 242 g/mol. The van der Waals surface area contributed by atoms with Crippen LogP contribution in [0.15, 0.2) is 22.0 Å². The van der Waals surface area contributed by atoms with Crippen LogP contribution < -0.4 is 0 Å². The molecule has 0 amide bonds. The van der Waals surface area contributed by atoms with Crippen LogP contribution in [0, 0.1) is 13.8 Å². The van der Waals surface area contributed by atoms with Gasteiger partial charge in [-0.2, -0.15) is 4.99 Å². The van der Waals surface area contributed by atoms with E-state index in [0.29, 0.717) is 0 Å². The van der Waals surface area contributed by atoms with E-state index in [9.17, 15) is 4.79 Å². The van der Waals surface area contributed by atoms with Gasteiger partial charge in [-0.05, 0) is 55.7 Å². The summed E-state index contributed by atoms with van der Waals surface area (Å²) >= 11 is 1.74. The average Bonchev–Trinajstić information content (AvgIpc) is 2.82. The molecule has 0 heterocycles. The molecule has 0 saturated heterocycles. The van der Waals surface area contributed by atoms with Gasteiger partial charge >= 0.3 is 0 Å². The van der Waals surface area contributed by atoms with Crippen LogP contribution in [-0.4, -0.2) is 12.3 Å². The van der Waals surface area contributed by atoms with Crippen LogP contribution in [0.25, 0.3) is 0 Å². The van der Waals surface area contributed by atoms with E-state index in [1.807, 2.05) is 0 Å². The molecule has 1 fully saturated rings. The van der Waals surface area contributed by atoms with Gasteiger partial charge in [-0.1, -0.05) is 18.9 Å². The predicted octanol–water partition coefficient (Wildman–Crippen LogP) is 4.13. The zero-order chi connectivity index (χ0) is 13.2. The molecule has 1 saturated carbocycles. The largest absolute Gasteiger partial charge is 0.235 e. The molecule has 18 heavy (non-hydrogen) atoms. The Labute approximate surface area is 113 Å². The van der Waals surface area contributed by atoms with Crippen molar-refractivity contribution >= 4 is 17.8 Å². The first kappa shape index (κ1) is 13.4. The molecule has 0 aromatic heterocycles. The summed E-state index contributed by atoms with van der Waals surface area (Å²) in [6.07, 6.45) is 8.11. The summed E-state index contributed by atoms with van der Waals surface area (Å²) in [7, 11) is 0. The first-order chi connectivity index (χ1) is 8.63. The third-order valence-corrected chi connectivity index (χ3v) is 4.79. The molecular formula is C15H19NOS. The number of nitrogens with zero attached hydrogens (tertiary/aromatic N) is 1. The molecule has 1 aliphatic carbocycles. The van der Waals surface area contributed by atoms with E-state index in [0.717, 1.165) is 25.7 Å². The number of benzene rings is 1. The molecule has 0 atom stereocenters. The van der Waals surface area contributed by atoms with Gasteiger partial charge in [-0.25, -0.2) is 4.79 Å².